The van der Waals surface area contributed by atoms with E-state index in [1.165, 1.54) is 19.1 Å². The van der Waals surface area contributed by atoms with Crippen LogP contribution in [0.2, 0.25) is 0 Å². The maximum atomic E-state index is 13.0. The average molecular weight is 634 g/mol. The number of benzene rings is 3. The number of nitrogens with one attached hydrogen (secondary N) is 1. The second-order valence-electron chi connectivity index (χ2n) is 10.1. The Hall–Kier alpha value is -3.17. The summed E-state index contributed by atoms with van der Waals surface area (Å²) in [6, 6.07) is 23.3. The Balaban J connectivity index is 1.68. The summed E-state index contributed by atoms with van der Waals surface area (Å²) in [6.07, 6.45) is -4.22. The highest BCUT2D eigenvalue weighted by molar-refractivity contribution is 7.86. The number of carbonyl (C=O) groups is 1. The number of aryl methyl sites for hydroxylation is 1. The molecule has 43 heavy (non-hydrogen) atoms. The number of amides is 1. The zero-order valence-corrected chi connectivity index (χ0v) is 25.6. The van der Waals surface area contributed by atoms with Crippen molar-refractivity contribution in [2.24, 2.45) is 0 Å². The van der Waals surface area contributed by atoms with Crippen LogP contribution in [0.25, 0.3) is 0 Å². The molecule has 1 N–H and O–H groups in total. The Morgan fingerprint density at radius 3 is 1.91 bits per heavy atom. The third-order valence-corrected chi connectivity index (χ3v) is 8.41. The summed E-state index contributed by atoms with van der Waals surface area (Å²) in [6.45, 7) is 2.57. The molecule has 1 aliphatic rings. The minimum absolute atomic E-state index is 0.0197. The standard InChI is InChI=1S/C30H35NO10S2/c1-21-14-16-25(17-15-21)43(35,36)39-20-26-28(41-42(3,33)34)29(37-18-23-10-6-4-7-11-23)27(31-22(2)32)30(40-26)38-19-24-12-8-5-9-13-24/h4-17,26-30H,18-20H2,1-3H3,(H,31,32). The van der Waals surface area contributed by atoms with Gasteiger partial charge in [0, 0.05) is 6.92 Å². The molecule has 0 spiro atoms. The first-order valence-electron chi connectivity index (χ1n) is 13.5. The maximum Gasteiger partial charge on any atom is 0.297 e. The van der Waals surface area contributed by atoms with Crippen molar-refractivity contribution in [3.63, 3.8) is 0 Å². The molecule has 5 atom stereocenters. The van der Waals surface area contributed by atoms with Crippen molar-refractivity contribution in [3.8, 4) is 0 Å². The highest BCUT2D eigenvalue weighted by atomic mass is 32.2. The van der Waals surface area contributed by atoms with Crippen LogP contribution in [0, 0.1) is 6.92 Å². The lowest BCUT2D eigenvalue weighted by Crippen LogP contribution is -2.66. The summed E-state index contributed by atoms with van der Waals surface area (Å²) in [7, 11) is -8.38. The fraction of sp³-hybridized carbons (Fsp3) is 0.367. The van der Waals surface area contributed by atoms with E-state index in [1.54, 1.807) is 12.1 Å². The number of carbonyl (C=O) groups excluding carboxylic acids is 1. The van der Waals surface area contributed by atoms with Gasteiger partial charge < -0.3 is 19.5 Å². The molecule has 13 heteroatoms. The lowest BCUT2D eigenvalue weighted by atomic mass is 9.96. The fourth-order valence-corrected chi connectivity index (χ4v) is 6.09. The molecule has 0 aliphatic carbocycles. The van der Waals surface area contributed by atoms with Crippen LogP contribution >= 0.6 is 0 Å². The Bertz CT molecular complexity index is 1550. The molecule has 0 saturated carbocycles. The molecular weight excluding hydrogens is 598 g/mol. The third kappa shape index (κ3) is 9.66. The Morgan fingerprint density at radius 2 is 1.37 bits per heavy atom. The van der Waals surface area contributed by atoms with E-state index in [1.807, 2.05) is 67.6 Å². The predicted octanol–water partition coefficient (Wildman–Crippen LogP) is 3.08. The first-order chi connectivity index (χ1) is 20.4. The van der Waals surface area contributed by atoms with Gasteiger partial charge >= 0.3 is 0 Å². The highest BCUT2D eigenvalue weighted by Crippen LogP contribution is 2.30. The van der Waals surface area contributed by atoms with E-state index < -0.39 is 63.4 Å². The smallest absolute Gasteiger partial charge is 0.297 e. The summed E-state index contributed by atoms with van der Waals surface area (Å²) in [5.41, 5.74) is 2.43. The molecule has 0 bridgehead atoms. The van der Waals surface area contributed by atoms with Crippen LogP contribution in [0.4, 0.5) is 0 Å². The minimum Gasteiger partial charge on any atom is -0.368 e. The summed E-state index contributed by atoms with van der Waals surface area (Å²) < 4.78 is 80.1. The molecule has 4 rings (SSSR count). The molecule has 0 aromatic heterocycles. The molecule has 3 aromatic rings. The second-order valence-corrected chi connectivity index (χ2v) is 13.4. The van der Waals surface area contributed by atoms with E-state index in [0.717, 1.165) is 22.9 Å². The first-order valence-corrected chi connectivity index (χ1v) is 16.7. The van der Waals surface area contributed by atoms with Gasteiger partial charge in [-0.15, -0.1) is 0 Å². The van der Waals surface area contributed by atoms with Crippen molar-refractivity contribution < 1.29 is 44.2 Å². The van der Waals surface area contributed by atoms with E-state index in [4.69, 9.17) is 22.6 Å². The summed E-state index contributed by atoms with van der Waals surface area (Å²) in [5.74, 6) is -0.454. The number of ether oxygens (including phenoxy) is 3. The van der Waals surface area contributed by atoms with Gasteiger partial charge in [-0.25, -0.2) is 0 Å². The number of hydrogen-bond acceptors (Lipinski definition) is 10. The first kappa shape index (κ1) is 32.7. The normalized spacial score (nSPS) is 22.6. The van der Waals surface area contributed by atoms with Gasteiger partial charge in [-0.2, -0.15) is 16.8 Å². The largest absolute Gasteiger partial charge is 0.368 e. The van der Waals surface area contributed by atoms with Gasteiger partial charge in [-0.05, 0) is 30.2 Å². The number of rotatable bonds is 13. The van der Waals surface area contributed by atoms with Gasteiger partial charge in [0.25, 0.3) is 20.2 Å². The van der Waals surface area contributed by atoms with Gasteiger partial charge in [0.1, 0.15) is 24.4 Å². The summed E-state index contributed by atoms with van der Waals surface area (Å²) in [5, 5.41) is 2.75. The van der Waals surface area contributed by atoms with Gasteiger partial charge in [0.05, 0.1) is 31.0 Å². The minimum atomic E-state index is -4.26. The molecule has 1 fully saturated rings. The van der Waals surface area contributed by atoms with Crippen LogP contribution in [-0.2, 0) is 60.8 Å². The predicted molar refractivity (Wildman–Crippen MR) is 157 cm³/mol. The van der Waals surface area contributed by atoms with Crippen LogP contribution in [0.5, 0.6) is 0 Å². The molecular formula is C30H35NO10S2. The lowest BCUT2D eigenvalue weighted by molar-refractivity contribution is -0.275. The zero-order valence-electron chi connectivity index (χ0n) is 24.0. The van der Waals surface area contributed by atoms with Crippen molar-refractivity contribution in [3.05, 3.63) is 102 Å². The molecule has 3 aromatic carbocycles. The van der Waals surface area contributed by atoms with E-state index >= 15 is 0 Å². The van der Waals surface area contributed by atoms with Crippen LogP contribution in [0.1, 0.15) is 23.6 Å². The Morgan fingerprint density at radius 1 is 0.814 bits per heavy atom. The van der Waals surface area contributed by atoms with Gasteiger partial charge in [0.2, 0.25) is 5.91 Å². The van der Waals surface area contributed by atoms with E-state index in [-0.39, 0.29) is 18.1 Å². The van der Waals surface area contributed by atoms with Crippen LogP contribution < -0.4 is 5.32 Å². The van der Waals surface area contributed by atoms with Crippen LogP contribution in [0.15, 0.2) is 89.8 Å². The Kier molecular flexibility index (Phi) is 11.1. The van der Waals surface area contributed by atoms with E-state index in [2.05, 4.69) is 5.32 Å². The van der Waals surface area contributed by atoms with Gasteiger partial charge in [-0.3, -0.25) is 13.2 Å². The second kappa shape index (κ2) is 14.5. The van der Waals surface area contributed by atoms with Crippen molar-refractivity contribution in [2.45, 2.75) is 62.6 Å². The molecule has 1 aliphatic heterocycles. The monoisotopic (exact) mass is 633 g/mol. The van der Waals surface area contributed by atoms with Crippen molar-refractivity contribution in [2.75, 3.05) is 12.9 Å². The summed E-state index contributed by atoms with van der Waals surface area (Å²) in [4.78, 5) is 12.2. The van der Waals surface area contributed by atoms with E-state index in [9.17, 15) is 21.6 Å². The number of hydrogen-bond donors (Lipinski definition) is 1. The van der Waals surface area contributed by atoms with E-state index in [0.29, 0.717) is 0 Å². The van der Waals surface area contributed by atoms with Crippen molar-refractivity contribution in [1.82, 2.24) is 5.32 Å². The van der Waals surface area contributed by atoms with Crippen molar-refractivity contribution in [1.29, 1.82) is 0 Å². The molecule has 1 heterocycles. The lowest BCUT2D eigenvalue weighted by Gasteiger charge is -2.45. The maximum absolute atomic E-state index is 13.0. The molecule has 5 unspecified atom stereocenters. The fourth-order valence-electron chi connectivity index (χ4n) is 4.53. The molecule has 232 valence electrons. The molecule has 11 nitrogen and oxygen atoms in total. The molecule has 0 radical (unpaired) electrons. The van der Waals surface area contributed by atoms with Gasteiger partial charge in [0.15, 0.2) is 6.29 Å². The third-order valence-electron chi connectivity index (χ3n) is 6.54. The molecule has 1 amide bonds. The van der Waals surface area contributed by atoms with Crippen molar-refractivity contribution >= 4 is 26.1 Å². The SMILES string of the molecule is CC(=O)NC1C(OCc2ccccc2)OC(COS(=O)(=O)c2ccc(C)cc2)C(OS(C)(=O)=O)C1OCc1ccccc1. The molecule has 1 saturated heterocycles. The van der Waals surface area contributed by atoms with Crippen LogP contribution in [0.3, 0.4) is 0 Å². The zero-order chi connectivity index (χ0) is 31.0. The van der Waals surface area contributed by atoms with Crippen LogP contribution in [-0.4, -0.2) is 66.2 Å². The quantitative estimate of drug-likeness (QED) is 0.279. The topological polar surface area (TPSA) is 144 Å². The average Bonchev–Trinajstić information content (AvgIpc) is 2.96. The highest BCUT2D eigenvalue weighted by Gasteiger charge is 2.50. The summed E-state index contributed by atoms with van der Waals surface area (Å²) >= 11 is 0. The van der Waals surface area contributed by atoms with Gasteiger partial charge in [-0.1, -0.05) is 78.4 Å². The Labute approximate surface area is 252 Å².